The third-order valence-electron chi connectivity index (χ3n) is 4.22. The first-order valence-corrected chi connectivity index (χ1v) is 7.73. The van der Waals surface area contributed by atoms with Gasteiger partial charge in [-0.05, 0) is 49.6 Å². The summed E-state index contributed by atoms with van der Waals surface area (Å²) in [4.78, 5) is 13.8. The van der Waals surface area contributed by atoms with E-state index in [-0.39, 0.29) is 5.82 Å². The zero-order chi connectivity index (χ0) is 16.2. The first-order chi connectivity index (χ1) is 10.4. The highest BCUT2D eigenvalue weighted by Crippen LogP contribution is 2.34. The Balaban J connectivity index is 2.10. The van der Waals surface area contributed by atoms with Gasteiger partial charge in [0.05, 0.1) is 5.41 Å². The Labute approximate surface area is 134 Å². The highest BCUT2D eigenvalue weighted by atomic mass is 35.5. The van der Waals surface area contributed by atoms with Crippen LogP contribution in [0.25, 0.3) is 0 Å². The van der Waals surface area contributed by atoms with Gasteiger partial charge in [-0.1, -0.05) is 11.6 Å². The summed E-state index contributed by atoms with van der Waals surface area (Å²) in [5.74, 6) is -1.16. The maximum Gasteiger partial charge on any atom is 0.311 e. The largest absolute Gasteiger partial charge is 0.481 e. The van der Waals surface area contributed by atoms with E-state index in [1.807, 2.05) is 0 Å². The Kier molecular flexibility index (Phi) is 5.78. The normalized spacial score (nSPS) is 22.7. The number of likely N-dealkylation sites (tertiary alicyclic amines) is 1. The number of carbonyl (C=O) groups is 1. The highest BCUT2D eigenvalue weighted by molar-refractivity contribution is 6.30. The fourth-order valence-corrected chi connectivity index (χ4v) is 3.35. The molecule has 0 amide bonds. The molecule has 0 unspecified atom stereocenters. The molecule has 0 aromatic heterocycles. The predicted octanol–water partition coefficient (Wildman–Crippen LogP) is 3.18. The van der Waals surface area contributed by atoms with Crippen LogP contribution >= 0.6 is 11.6 Å². The molecule has 0 radical (unpaired) electrons. The van der Waals surface area contributed by atoms with Gasteiger partial charge in [0.1, 0.15) is 5.82 Å². The second-order valence-corrected chi connectivity index (χ2v) is 6.36. The van der Waals surface area contributed by atoms with E-state index in [0.29, 0.717) is 37.6 Å². The predicted molar refractivity (Wildman–Crippen MR) is 82.5 cm³/mol. The molecule has 0 bridgehead atoms. The van der Waals surface area contributed by atoms with Crippen molar-refractivity contribution >= 4 is 17.6 Å². The summed E-state index contributed by atoms with van der Waals surface area (Å²) in [6.07, 6.45) is 1.93. The Bertz CT molecular complexity index is 520. The summed E-state index contributed by atoms with van der Waals surface area (Å²) in [7, 11) is 1.57. The van der Waals surface area contributed by atoms with Crippen molar-refractivity contribution in [2.24, 2.45) is 5.41 Å². The summed E-state index contributed by atoms with van der Waals surface area (Å²) in [5.41, 5.74) is -0.0244. The molecule has 1 fully saturated rings. The Morgan fingerprint density at radius 2 is 2.27 bits per heavy atom. The lowest BCUT2D eigenvalue weighted by Gasteiger charge is -2.40. The fourth-order valence-electron chi connectivity index (χ4n) is 3.11. The van der Waals surface area contributed by atoms with Crippen molar-refractivity contribution in [2.45, 2.75) is 25.8 Å². The average Bonchev–Trinajstić information content (AvgIpc) is 2.44. The lowest BCUT2D eigenvalue weighted by molar-refractivity contribution is -0.154. The quantitative estimate of drug-likeness (QED) is 0.871. The molecule has 1 N–H and O–H groups in total. The number of rotatable bonds is 6. The highest BCUT2D eigenvalue weighted by Gasteiger charge is 2.41. The molecule has 22 heavy (non-hydrogen) atoms. The molecule has 6 heteroatoms. The summed E-state index contributed by atoms with van der Waals surface area (Å²) >= 11 is 5.87. The smallest absolute Gasteiger partial charge is 0.311 e. The molecule has 1 saturated heterocycles. The number of methoxy groups -OCH3 is 1. The second-order valence-electron chi connectivity index (χ2n) is 5.92. The number of hydrogen-bond donors (Lipinski definition) is 1. The van der Waals surface area contributed by atoms with E-state index in [9.17, 15) is 14.3 Å². The van der Waals surface area contributed by atoms with Gasteiger partial charge >= 0.3 is 5.97 Å². The number of nitrogens with zero attached hydrogens (tertiary/aromatic N) is 1. The van der Waals surface area contributed by atoms with Crippen molar-refractivity contribution in [3.63, 3.8) is 0 Å². The molecular weight excluding hydrogens is 309 g/mol. The van der Waals surface area contributed by atoms with Gasteiger partial charge in [0, 0.05) is 31.8 Å². The number of piperidine rings is 1. The van der Waals surface area contributed by atoms with Crippen molar-refractivity contribution in [1.29, 1.82) is 0 Å². The SMILES string of the molecule is COCC[C@@]1(C(=O)O)CCCN(Cc2cc(F)cc(Cl)c2)C1. The van der Waals surface area contributed by atoms with Crippen LogP contribution in [0.4, 0.5) is 4.39 Å². The van der Waals surface area contributed by atoms with Crippen LogP contribution in [0.2, 0.25) is 5.02 Å². The van der Waals surface area contributed by atoms with Gasteiger partial charge in [-0.3, -0.25) is 9.69 Å². The summed E-state index contributed by atoms with van der Waals surface area (Å²) in [6, 6.07) is 4.43. The number of hydrogen-bond acceptors (Lipinski definition) is 3. The van der Waals surface area contributed by atoms with Gasteiger partial charge in [-0.15, -0.1) is 0 Å². The molecule has 2 rings (SSSR count). The Morgan fingerprint density at radius 1 is 1.50 bits per heavy atom. The number of carboxylic acids is 1. The lowest BCUT2D eigenvalue weighted by atomic mass is 9.77. The molecule has 1 aromatic rings. The maximum atomic E-state index is 13.4. The van der Waals surface area contributed by atoms with E-state index in [2.05, 4.69) is 4.90 Å². The number of aliphatic carboxylic acids is 1. The third-order valence-corrected chi connectivity index (χ3v) is 4.44. The monoisotopic (exact) mass is 329 g/mol. The van der Waals surface area contributed by atoms with Gasteiger partial charge in [-0.25, -0.2) is 4.39 Å². The van der Waals surface area contributed by atoms with Crippen LogP contribution < -0.4 is 0 Å². The molecule has 0 saturated carbocycles. The van der Waals surface area contributed by atoms with Crippen molar-refractivity contribution in [1.82, 2.24) is 4.90 Å². The van der Waals surface area contributed by atoms with Gasteiger partial charge in [0.25, 0.3) is 0 Å². The minimum atomic E-state index is -0.786. The van der Waals surface area contributed by atoms with Gasteiger partial charge in [-0.2, -0.15) is 0 Å². The molecule has 122 valence electrons. The van der Waals surface area contributed by atoms with Crippen molar-refractivity contribution < 1.29 is 19.0 Å². The van der Waals surface area contributed by atoms with Crippen molar-refractivity contribution in [3.8, 4) is 0 Å². The molecule has 1 atom stereocenters. The summed E-state index contributed by atoms with van der Waals surface area (Å²) in [6.45, 7) is 2.17. The van der Waals surface area contributed by atoms with Crippen LogP contribution in [-0.2, 0) is 16.1 Å². The van der Waals surface area contributed by atoms with E-state index in [0.717, 1.165) is 18.5 Å². The van der Waals surface area contributed by atoms with Crippen LogP contribution in [0, 0.1) is 11.2 Å². The van der Waals surface area contributed by atoms with Crippen LogP contribution in [0.5, 0.6) is 0 Å². The van der Waals surface area contributed by atoms with Gasteiger partial charge in [0.15, 0.2) is 0 Å². The molecule has 1 aliphatic rings. The van der Waals surface area contributed by atoms with Gasteiger partial charge < -0.3 is 9.84 Å². The molecule has 1 heterocycles. The standard InChI is InChI=1S/C16H21ClFNO3/c1-22-6-4-16(15(20)21)3-2-5-19(11-16)10-12-7-13(17)9-14(18)8-12/h7-9H,2-6,10-11H2,1H3,(H,20,21)/t16-/m0/s1. The molecule has 0 aliphatic carbocycles. The van der Waals surface area contributed by atoms with Crippen LogP contribution in [0.15, 0.2) is 18.2 Å². The van der Waals surface area contributed by atoms with Crippen LogP contribution in [-0.4, -0.2) is 42.8 Å². The van der Waals surface area contributed by atoms with Crippen LogP contribution in [0.3, 0.4) is 0 Å². The number of carboxylic acid groups (broad SMARTS) is 1. The van der Waals surface area contributed by atoms with E-state index < -0.39 is 11.4 Å². The Hall–Kier alpha value is -1.17. The number of ether oxygens (including phenoxy) is 1. The van der Waals surface area contributed by atoms with E-state index in [1.165, 1.54) is 12.1 Å². The molecular formula is C16H21ClFNO3. The summed E-state index contributed by atoms with van der Waals surface area (Å²) in [5, 5.41) is 9.98. The molecule has 4 nitrogen and oxygen atoms in total. The first-order valence-electron chi connectivity index (χ1n) is 7.35. The van der Waals surface area contributed by atoms with Crippen molar-refractivity contribution in [3.05, 3.63) is 34.6 Å². The lowest BCUT2D eigenvalue weighted by Crippen LogP contribution is -2.48. The first kappa shape index (κ1) is 17.2. The van der Waals surface area contributed by atoms with E-state index in [4.69, 9.17) is 16.3 Å². The minimum absolute atomic E-state index is 0.357. The van der Waals surface area contributed by atoms with E-state index in [1.54, 1.807) is 13.2 Å². The number of benzene rings is 1. The average molecular weight is 330 g/mol. The summed E-state index contributed by atoms with van der Waals surface area (Å²) < 4.78 is 18.5. The number of halogens is 2. The van der Waals surface area contributed by atoms with Crippen molar-refractivity contribution in [2.75, 3.05) is 26.8 Å². The zero-order valence-electron chi connectivity index (χ0n) is 12.6. The minimum Gasteiger partial charge on any atom is -0.481 e. The molecule has 1 aromatic carbocycles. The topological polar surface area (TPSA) is 49.8 Å². The zero-order valence-corrected chi connectivity index (χ0v) is 13.4. The maximum absolute atomic E-state index is 13.4. The third kappa shape index (κ3) is 4.18. The fraction of sp³-hybridized carbons (Fsp3) is 0.562. The molecule has 0 spiro atoms. The Morgan fingerprint density at radius 3 is 2.91 bits per heavy atom. The van der Waals surface area contributed by atoms with E-state index >= 15 is 0 Å². The molecule has 1 aliphatic heterocycles. The van der Waals surface area contributed by atoms with Gasteiger partial charge in [0.2, 0.25) is 0 Å². The second kappa shape index (κ2) is 7.40. The van der Waals surface area contributed by atoms with Crippen LogP contribution in [0.1, 0.15) is 24.8 Å².